The Bertz CT molecular complexity index is 1090. The lowest BCUT2D eigenvalue weighted by molar-refractivity contribution is -0.111. The number of carbonyl (C=O) groups excluding carboxylic acids is 1. The molecular weight excluding hydrogens is 380 g/mol. The van der Waals surface area contributed by atoms with Crippen LogP contribution < -0.4 is 5.32 Å². The number of carboxylic acids is 1. The van der Waals surface area contributed by atoms with E-state index in [1.807, 2.05) is 26.0 Å². The monoisotopic (exact) mass is 404 g/mol. The van der Waals surface area contributed by atoms with Crippen molar-refractivity contribution >= 4 is 23.6 Å². The molecule has 0 saturated carbocycles. The average molecular weight is 404 g/mol. The molecule has 6 heteroatoms. The van der Waals surface area contributed by atoms with Gasteiger partial charge in [-0.2, -0.15) is 0 Å². The number of aryl methyl sites for hydroxylation is 4. The zero-order valence-corrected chi connectivity index (χ0v) is 17.2. The number of benzene rings is 2. The summed E-state index contributed by atoms with van der Waals surface area (Å²) in [5, 5.41) is 15.8. The Morgan fingerprint density at radius 2 is 1.87 bits per heavy atom. The first-order valence-electron chi connectivity index (χ1n) is 9.68. The van der Waals surface area contributed by atoms with E-state index in [0.29, 0.717) is 0 Å². The fourth-order valence-electron chi connectivity index (χ4n) is 3.31. The van der Waals surface area contributed by atoms with Crippen molar-refractivity contribution in [2.24, 2.45) is 0 Å². The van der Waals surface area contributed by atoms with Crippen molar-refractivity contribution in [1.29, 1.82) is 0 Å². The molecule has 1 aromatic heterocycles. The third-order valence-corrected chi connectivity index (χ3v) is 5.04. The molecule has 3 aromatic rings. The van der Waals surface area contributed by atoms with E-state index in [1.54, 1.807) is 24.3 Å². The molecule has 1 heterocycles. The first-order valence-corrected chi connectivity index (χ1v) is 9.68. The van der Waals surface area contributed by atoms with Crippen molar-refractivity contribution in [2.45, 2.75) is 33.6 Å². The largest absolute Gasteiger partial charge is 0.478 e. The van der Waals surface area contributed by atoms with E-state index in [0.717, 1.165) is 35.4 Å². The van der Waals surface area contributed by atoms with Crippen LogP contribution in [0.1, 0.15) is 44.1 Å². The highest BCUT2D eigenvalue weighted by Gasteiger charge is 2.11. The molecule has 2 N–H and O–H groups in total. The van der Waals surface area contributed by atoms with Crippen molar-refractivity contribution in [3.05, 3.63) is 87.8 Å². The van der Waals surface area contributed by atoms with E-state index in [-0.39, 0.29) is 17.2 Å². The maximum Gasteiger partial charge on any atom is 0.337 e. The predicted octanol–water partition coefficient (Wildman–Crippen LogP) is 4.74. The van der Waals surface area contributed by atoms with Gasteiger partial charge in [0.15, 0.2) is 0 Å². The fourth-order valence-corrected chi connectivity index (χ4v) is 3.31. The van der Waals surface area contributed by atoms with E-state index in [1.165, 1.54) is 23.3 Å². The SMILES string of the molecule is Cc1ccc(/C=C/C(=O)Nc2ccccc2C(=O)O)cc1CCc1c(C)noc1C. The smallest absolute Gasteiger partial charge is 0.337 e. The number of anilines is 1. The summed E-state index contributed by atoms with van der Waals surface area (Å²) < 4.78 is 5.23. The number of hydrogen-bond donors (Lipinski definition) is 2. The van der Waals surface area contributed by atoms with Crippen LogP contribution in [0.25, 0.3) is 6.08 Å². The lowest BCUT2D eigenvalue weighted by Crippen LogP contribution is -2.11. The number of rotatable bonds is 7. The van der Waals surface area contributed by atoms with Crippen LogP contribution in [0, 0.1) is 20.8 Å². The third kappa shape index (κ3) is 5.03. The summed E-state index contributed by atoms with van der Waals surface area (Å²) in [5.74, 6) is -0.627. The summed E-state index contributed by atoms with van der Waals surface area (Å²) in [7, 11) is 0. The average Bonchev–Trinajstić information content (AvgIpc) is 3.04. The second kappa shape index (κ2) is 9.22. The fraction of sp³-hybridized carbons (Fsp3) is 0.208. The number of carboxylic acid groups (broad SMARTS) is 1. The molecule has 6 nitrogen and oxygen atoms in total. The van der Waals surface area contributed by atoms with Gasteiger partial charge in [-0.15, -0.1) is 0 Å². The van der Waals surface area contributed by atoms with Gasteiger partial charge in [0.05, 0.1) is 16.9 Å². The zero-order valence-electron chi connectivity index (χ0n) is 17.2. The first-order chi connectivity index (χ1) is 14.3. The van der Waals surface area contributed by atoms with Crippen LogP contribution in [-0.4, -0.2) is 22.1 Å². The number of carbonyl (C=O) groups is 2. The van der Waals surface area contributed by atoms with Gasteiger partial charge in [-0.25, -0.2) is 4.79 Å². The van der Waals surface area contributed by atoms with Crippen LogP contribution in [0.5, 0.6) is 0 Å². The molecule has 0 aliphatic rings. The van der Waals surface area contributed by atoms with Gasteiger partial charge in [-0.3, -0.25) is 4.79 Å². The molecule has 0 radical (unpaired) electrons. The van der Waals surface area contributed by atoms with Gasteiger partial charge in [0.2, 0.25) is 5.91 Å². The number of nitrogens with zero attached hydrogens (tertiary/aromatic N) is 1. The molecule has 0 saturated heterocycles. The summed E-state index contributed by atoms with van der Waals surface area (Å²) >= 11 is 0. The lowest BCUT2D eigenvalue weighted by atomic mass is 9.97. The molecule has 154 valence electrons. The Morgan fingerprint density at radius 1 is 1.10 bits per heavy atom. The Kier molecular flexibility index (Phi) is 6.47. The Labute approximate surface area is 175 Å². The minimum atomic E-state index is -1.09. The van der Waals surface area contributed by atoms with Crippen LogP contribution in [0.15, 0.2) is 53.1 Å². The van der Waals surface area contributed by atoms with Crippen molar-refractivity contribution in [3.8, 4) is 0 Å². The highest BCUT2D eigenvalue weighted by molar-refractivity contribution is 6.06. The van der Waals surface area contributed by atoms with Crippen molar-refractivity contribution in [3.63, 3.8) is 0 Å². The van der Waals surface area contributed by atoms with Gasteiger partial charge < -0.3 is 14.9 Å². The second-order valence-corrected chi connectivity index (χ2v) is 7.16. The van der Waals surface area contributed by atoms with Gasteiger partial charge in [0.1, 0.15) is 5.76 Å². The van der Waals surface area contributed by atoms with E-state index in [9.17, 15) is 14.7 Å². The van der Waals surface area contributed by atoms with Gasteiger partial charge >= 0.3 is 5.97 Å². The number of aromatic nitrogens is 1. The molecule has 0 fully saturated rings. The second-order valence-electron chi connectivity index (χ2n) is 7.16. The summed E-state index contributed by atoms with van der Waals surface area (Å²) in [5.41, 5.74) is 5.63. The molecule has 0 bridgehead atoms. The molecule has 0 aliphatic carbocycles. The zero-order chi connectivity index (χ0) is 21.7. The Hall–Kier alpha value is -3.67. The standard InChI is InChI=1S/C24H24N2O4/c1-15-8-9-18(14-19(15)11-12-20-16(2)26-30-17(20)3)10-13-23(27)25-22-7-5-4-6-21(22)24(28)29/h4-10,13-14H,11-12H2,1-3H3,(H,25,27)(H,28,29)/b13-10+. The van der Waals surface area contributed by atoms with Gasteiger partial charge in [-0.1, -0.05) is 35.5 Å². The maximum absolute atomic E-state index is 12.3. The Balaban J connectivity index is 1.69. The summed E-state index contributed by atoms with van der Waals surface area (Å²) in [6.07, 6.45) is 4.80. The molecular formula is C24H24N2O4. The van der Waals surface area contributed by atoms with Crippen molar-refractivity contribution in [2.75, 3.05) is 5.32 Å². The van der Waals surface area contributed by atoms with Crippen LogP contribution in [0.2, 0.25) is 0 Å². The van der Waals surface area contributed by atoms with Crippen LogP contribution >= 0.6 is 0 Å². The lowest BCUT2D eigenvalue weighted by Gasteiger charge is -2.08. The van der Waals surface area contributed by atoms with Gasteiger partial charge in [-0.05, 0) is 68.5 Å². The van der Waals surface area contributed by atoms with Gasteiger partial charge in [0, 0.05) is 11.6 Å². The van der Waals surface area contributed by atoms with E-state index in [2.05, 4.69) is 23.5 Å². The van der Waals surface area contributed by atoms with Crippen LogP contribution in [0.4, 0.5) is 5.69 Å². The van der Waals surface area contributed by atoms with Crippen molar-refractivity contribution < 1.29 is 19.2 Å². The quantitative estimate of drug-likeness (QED) is 0.555. The minimum absolute atomic E-state index is 0.0520. The number of amides is 1. The number of hydrogen-bond acceptors (Lipinski definition) is 4. The topological polar surface area (TPSA) is 92.4 Å². The molecule has 0 spiro atoms. The third-order valence-electron chi connectivity index (χ3n) is 5.04. The molecule has 3 rings (SSSR count). The minimum Gasteiger partial charge on any atom is -0.478 e. The molecule has 0 unspecified atom stereocenters. The van der Waals surface area contributed by atoms with Crippen LogP contribution in [0.3, 0.4) is 0 Å². The number of aromatic carboxylic acids is 1. The normalized spacial score (nSPS) is 11.0. The molecule has 0 aliphatic heterocycles. The summed E-state index contributed by atoms with van der Waals surface area (Å²) in [4.78, 5) is 23.5. The summed E-state index contributed by atoms with van der Waals surface area (Å²) in [6, 6.07) is 12.3. The van der Waals surface area contributed by atoms with Crippen molar-refractivity contribution in [1.82, 2.24) is 5.16 Å². The Morgan fingerprint density at radius 3 is 2.57 bits per heavy atom. The molecule has 0 atom stereocenters. The number of nitrogens with one attached hydrogen (secondary N) is 1. The maximum atomic E-state index is 12.3. The van der Waals surface area contributed by atoms with Gasteiger partial charge in [0.25, 0.3) is 0 Å². The van der Waals surface area contributed by atoms with Crippen LogP contribution in [-0.2, 0) is 17.6 Å². The highest BCUT2D eigenvalue weighted by Crippen LogP contribution is 2.19. The van der Waals surface area contributed by atoms with E-state index >= 15 is 0 Å². The molecule has 30 heavy (non-hydrogen) atoms. The van der Waals surface area contributed by atoms with E-state index in [4.69, 9.17) is 4.52 Å². The molecule has 1 amide bonds. The first kappa shape index (κ1) is 21.0. The molecule has 2 aromatic carbocycles. The van der Waals surface area contributed by atoms with E-state index < -0.39 is 5.97 Å². The number of para-hydroxylation sites is 1. The highest BCUT2D eigenvalue weighted by atomic mass is 16.5. The summed E-state index contributed by atoms with van der Waals surface area (Å²) in [6.45, 7) is 5.92. The predicted molar refractivity (Wildman–Crippen MR) is 116 cm³/mol.